The summed E-state index contributed by atoms with van der Waals surface area (Å²) in [7, 11) is 0. The Kier molecular flexibility index (Phi) is 5.79. The summed E-state index contributed by atoms with van der Waals surface area (Å²) in [5.41, 5.74) is 4.42. The van der Waals surface area contributed by atoms with Gasteiger partial charge in [0.1, 0.15) is 5.71 Å². The van der Waals surface area contributed by atoms with Gasteiger partial charge in [0, 0.05) is 0 Å². The largest absolute Gasteiger partial charge is 0.461 e. The highest BCUT2D eigenvalue weighted by molar-refractivity contribution is 6.36. The predicted molar refractivity (Wildman–Crippen MR) is 67.6 cm³/mol. The van der Waals surface area contributed by atoms with E-state index in [0.717, 1.165) is 5.56 Å². The molecule has 0 aliphatic carbocycles. The van der Waals surface area contributed by atoms with E-state index in [4.69, 9.17) is 4.74 Å². The van der Waals surface area contributed by atoms with Gasteiger partial charge in [0.05, 0.1) is 13.2 Å². The van der Waals surface area contributed by atoms with E-state index in [9.17, 15) is 4.79 Å². The highest BCUT2D eigenvalue weighted by Crippen LogP contribution is 1.97. The minimum atomic E-state index is -0.351. The summed E-state index contributed by atoms with van der Waals surface area (Å²) in [5.74, 6) is -0.351. The van der Waals surface area contributed by atoms with Gasteiger partial charge in [0.2, 0.25) is 0 Å². The Morgan fingerprint density at radius 2 is 2.00 bits per heavy atom. The summed E-state index contributed by atoms with van der Waals surface area (Å²) >= 11 is 0. The number of benzene rings is 1. The lowest BCUT2D eigenvalue weighted by molar-refractivity contribution is -0.135. The number of hydrazone groups is 1. The second-order valence-electron chi connectivity index (χ2n) is 3.45. The van der Waals surface area contributed by atoms with Gasteiger partial charge in [0.15, 0.2) is 0 Å². The molecular formula is C13H18N2O2. The molecule has 0 heterocycles. The molecule has 1 aromatic rings. The first-order valence-corrected chi connectivity index (χ1v) is 5.78. The van der Waals surface area contributed by atoms with Crippen LogP contribution in [0.1, 0.15) is 25.8 Å². The Morgan fingerprint density at radius 1 is 1.29 bits per heavy atom. The lowest BCUT2D eigenvalue weighted by atomic mass is 10.2. The zero-order valence-electron chi connectivity index (χ0n) is 10.3. The molecule has 1 N–H and O–H groups in total. The summed E-state index contributed by atoms with van der Waals surface area (Å²) in [6, 6.07) is 9.89. The lowest BCUT2D eigenvalue weighted by Gasteiger charge is -2.05. The Balaban J connectivity index is 2.48. The maximum absolute atomic E-state index is 11.4. The van der Waals surface area contributed by atoms with E-state index in [1.54, 1.807) is 6.92 Å². The van der Waals surface area contributed by atoms with E-state index in [2.05, 4.69) is 10.5 Å². The fraction of sp³-hybridized carbons (Fsp3) is 0.385. The Morgan fingerprint density at radius 3 is 2.59 bits per heavy atom. The van der Waals surface area contributed by atoms with Crippen LogP contribution < -0.4 is 5.43 Å². The molecule has 0 unspecified atom stereocenters. The molecule has 0 saturated heterocycles. The van der Waals surface area contributed by atoms with Gasteiger partial charge in [-0.3, -0.25) is 0 Å². The van der Waals surface area contributed by atoms with Gasteiger partial charge in [-0.1, -0.05) is 37.3 Å². The van der Waals surface area contributed by atoms with E-state index in [1.165, 1.54) is 0 Å². The molecular weight excluding hydrogens is 216 g/mol. The Labute approximate surface area is 102 Å². The molecule has 0 saturated carbocycles. The van der Waals surface area contributed by atoms with E-state index in [0.29, 0.717) is 25.3 Å². The first kappa shape index (κ1) is 13.2. The average Bonchev–Trinajstić information content (AvgIpc) is 2.36. The molecule has 0 aliphatic heterocycles. The molecule has 0 radical (unpaired) electrons. The van der Waals surface area contributed by atoms with Gasteiger partial charge in [-0.2, -0.15) is 5.10 Å². The van der Waals surface area contributed by atoms with E-state index in [-0.39, 0.29) is 5.97 Å². The fourth-order valence-corrected chi connectivity index (χ4v) is 1.31. The zero-order chi connectivity index (χ0) is 12.5. The number of hydrogen-bond donors (Lipinski definition) is 1. The van der Waals surface area contributed by atoms with E-state index < -0.39 is 0 Å². The summed E-state index contributed by atoms with van der Waals surface area (Å²) in [5, 5.41) is 4.05. The molecule has 0 aliphatic rings. The molecule has 0 atom stereocenters. The monoisotopic (exact) mass is 234 g/mol. The SMILES string of the molecule is CCOC(=O)/C(CC)=N/NCc1ccccc1. The van der Waals surface area contributed by atoms with Crippen LogP contribution in [0.4, 0.5) is 0 Å². The number of nitrogens with one attached hydrogen (secondary N) is 1. The summed E-state index contributed by atoms with van der Waals surface area (Å²) in [6.45, 7) is 4.63. The van der Waals surface area contributed by atoms with Gasteiger partial charge in [0.25, 0.3) is 0 Å². The lowest BCUT2D eigenvalue weighted by Crippen LogP contribution is -2.20. The van der Waals surface area contributed by atoms with Crippen molar-refractivity contribution in [3.63, 3.8) is 0 Å². The smallest absolute Gasteiger partial charge is 0.354 e. The van der Waals surface area contributed by atoms with Gasteiger partial charge in [-0.05, 0) is 18.9 Å². The number of hydrogen-bond acceptors (Lipinski definition) is 4. The first-order chi connectivity index (χ1) is 8.27. The number of ether oxygens (including phenoxy) is 1. The third kappa shape index (κ3) is 4.68. The van der Waals surface area contributed by atoms with Crippen molar-refractivity contribution >= 4 is 11.7 Å². The van der Waals surface area contributed by atoms with Crippen molar-refractivity contribution < 1.29 is 9.53 Å². The van der Waals surface area contributed by atoms with Crippen molar-refractivity contribution in [2.24, 2.45) is 5.10 Å². The molecule has 0 spiro atoms. The minimum absolute atomic E-state index is 0.351. The first-order valence-electron chi connectivity index (χ1n) is 5.78. The summed E-state index contributed by atoms with van der Waals surface area (Å²) < 4.78 is 4.89. The molecule has 0 amide bonds. The molecule has 92 valence electrons. The third-order valence-electron chi connectivity index (χ3n) is 2.19. The molecule has 1 rings (SSSR count). The van der Waals surface area contributed by atoms with Crippen molar-refractivity contribution in [1.82, 2.24) is 5.43 Å². The Bertz CT molecular complexity index is 374. The molecule has 0 fully saturated rings. The van der Waals surface area contributed by atoms with Gasteiger partial charge < -0.3 is 10.2 Å². The van der Waals surface area contributed by atoms with Gasteiger partial charge in [-0.15, -0.1) is 0 Å². The summed E-state index contributed by atoms with van der Waals surface area (Å²) in [6.07, 6.45) is 0.556. The van der Waals surface area contributed by atoms with Crippen LogP contribution in [0.15, 0.2) is 35.4 Å². The highest BCUT2D eigenvalue weighted by atomic mass is 16.5. The quantitative estimate of drug-likeness (QED) is 0.466. The second kappa shape index (κ2) is 7.44. The molecule has 17 heavy (non-hydrogen) atoms. The topological polar surface area (TPSA) is 50.7 Å². The van der Waals surface area contributed by atoms with Crippen LogP contribution in [0, 0.1) is 0 Å². The average molecular weight is 234 g/mol. The molecule has 1 aromatic carbocycles. The van der Waals surface area contributed by atoms with Crippen LogP contribution in [0.2, 0.25) is 0 Å². The van der Waals surface area contributed by atoms with Crippen molar-refractivity contribution in [2.75, 3.05) is 6.61 Å². The van der Waals surface area contributed by atoms with E-state index in [1.807, 2.05) is 37.3 Å². The normalized spacial score (nSPS) is 11.1. The predicted octanol–water partition coefficient (Wildman–Crippen LogP) is 2.11. The maximum Gasteiger partial charge on any atom is 0.354 e. The standard InChI is InChI=1S/C13H18N2O2/c1-3-12(13(16)17-4-2)15-14-10-11-8-6-5-7-9-11/h5-9,14H,3-4,10H2,1-2H3/b15-12+. The third-order valence-corrected chi connectivity index (χ3v) is 2.19. The van der Waals surface area contributed by atoms with Crippen molar-refractivity contribution in [3.8, 4) is 0 Å². The van der Waals surface area contributed by atoms with Crippen LogP contribution >= 0.6 is 0 Å². The number of nitrogens with zero attached hydrogens (tertiary/aromatic N) is 1. The fourth-order valence-electron chi connectivity index (χ4n) is 1.31. The highest BCUT2D eigenvalue weighted by Gasteiger charge is 2.09. The molecule has 4 nitrogen and oxygen atoms in total. The van der Waals surface area contributed by atoms with Gasteiger partial charge in [-0.25, -0.2) is 4.79 Å². The van der Waals surface area contributed by atoms with Crippen LogP contribution in [0.5, 0.6) is 0 Å². The van der Waals surface area contributed by atoms with E-state index >= 15 is 0 Å². The van der Waals surface area contributed by atoms with Crippen LogP contribution in [-0.4, -0.2) is 18.3 Å². The molecule has 0 bridgehead atoms. The number of rotatable bonds is 6. The van der Waals surface area contributed by atoms with Crippen LogP contribution in [0.3, 0.4) is 0 Å². The molecule has 4 heteroatoms. The van der Waals surface area contributed by atoms with Crippen molar-refractivity contribution in [3.05, 3.63) is 35.9 Å². The summed E-state index contributed by atoms with van der Waals surface area (Å²) in [4.78, 5) is 11.4. The second-order valence-corrected chi connectivity index (χ2v) is 3.45. The molecule has 0 aromatic heterocycles. The minimum Gasteiger partial charge on any atom is -0.461 e. The number of carbonyl (C=O) groups excluding carboxylic acids is 1. The van der Waals surface area contributed by atoms with Crippen molar-refractivity contribution in [2.45, 2.75) is 26.8 Å². The van der Waals surface area contributed by atoms with Crippen molar-refractivity contribution in [1.29, 1.82) is 0 Å². The maximum atomic E-state index is 11.4. The zero-order valence-corrected chi connectivity index (χ0v) is 10.3. The number of carbonyl (C=O) groups is 1. The van der Waals surface area contributed by atoms with Gasteiger partial charge >= 0.3 is 5.97 Å². The Hall–Kier alpha value is -1.84. The van der Waals surface area contributed by atoms with Crippen LogP contribution in [-0.2, 0) is 16.1 Å². The number of esters is 1. The van der Waals surface area contributed by atoms with Crippen LogP contribution in [0.25, 0.3) is 0 Å².